The maximum Gasteiger partial charge on any atom is 0.0663 e. The lowest BCUT2D eigenvalue weighted by Crippen LogP contribution is -2.33. The van der Waals surface area contributed by atoms with Gasteiger partial charge in [-0.3, -0.25) is 0 Å². The molecule has 0 aromatic heterocycles. The van der Waals surface area contributed by atoms with Crippen molar-refractivity contribution in [1.29, 1.82) is 0 Å². The van der Waals surface area contributed by atoms with Crippen molar-refractivity contribution >= 4 is 0 Å². The SMILES string of the molecule is CCCN1CCCC(O)(CC(C)CC)CC1. The summed E-state index contributed by atoms with van der Waals surface area (Å²) in [5, 5.41) is 10.6. The van der Waals surface area contributed by atoms with Crippen molar-refractivity contribution in [1.82, 2.24) is 4.90 Å². The molecule has 1 aliphatic heterocycles. The molecule has 0 aliphatic carbocycles. The summed E-state index contributed by atoms with van der Waals surface area (Å²) < 4.78 is 0. The average molecular weight is 227 g/mol. The van der Waals surface area contributed by atoms with E-state index in [1.165, 1.54) is 25.9 Å². The smallest absolute Gasteiger partial charge is 0.0663 e. The van der Waals surface area contributed by atoms with Crippen LogP contribution in [0.2, 0.25) is 0 Å². The van der Waals surface area contributed by atoms with Gasteiger partial charge in [-0.1, -0.05) is 27.2 Å². The van der Waals surface area contributed by atoms with E-state index in [2.05, 4.69) is 25.7 Å². The van der Waals surface area contributed by atoms with Crippen molar-refractivity contribution in [2.75, 3.05) is 19.6 Å². The van der Waals surface area contributed by atoms with E-state index in [4.69, 9.17) is 0 Å². The molecule has 0 saturated carbocycles. The summed E-state index contributed by atoms with van der Waals surface area (Å²) >= 11 is 0. The minimum atomic E-state index is -0.377. The van der Waals surface area contributed by atoms with Crippen LogP contribution < -0.4 is 0 Å². The molecule has 1 saturated heterocycles. The topological polar surface area (TPSA) is 23.5 Å². The van der Waals surface area contributed by atoms with Crippen molar-refractivity contribution in [3.05, 3.63) is 0 Å². The highest BCUT2D eigenvalue weighted by Gasteiger charge is 2.30. The molecule has 0 aromatic carbocycles. The Morgan fingerprint density at radius 1 is 1.25 bits per heavy atom. The molecule has 96 valence electrons. The number of nitrogens with zero attached hydrogens (tertiary/aromatic N) is 1. The molecule has 1 fully saturated rings. The highest BCUT2D eigenvalue weighted by Crippen LogP contribution is 2.30. The zero-order valence-corrected chi connectivity index (χ0v) is 11.3. The fourth-order valence-electron chi connectivity index (χ4n) is 2.77. The summed E-state index contributed by atoms with van der Waals surface area (Å²) in [7, 11) is 0. The third-order valence-corrected chi connectivity index (χ3v) is 3.98. The van der Waals surface area contributed by atoms with Gasteiger partial charge < -0.3 is 10.0 Å². The van der Waals surface area contributed by atoms with Gasteiger partial charge in [-0.15, -0.1) is 0 Å². The molecule has 1 N–H and O–H groups in total. The predicted molar refractivity (Wildman–Crippen MR) is 69.6 cm³/mol. The van der Waals surface area contributed by atoms with Crippen LogP contribution >= 0.6 is 0 Å². The number of hydrogen-bond acceptors (Lipinski definition) is 2. The maximum absolute atomic E-state index is 10.6. The molecule has 2 atom stereocenters. The summed E-state index contributed by atoms with van der Waals surface area (Å²) in [4.78, 5) is 2.51. The van der Waals surface area contributed by atoms with Crippen molar-refractivity contribution < 1.29 is 5.11 Å². The van der Waals surface area contributed by atoms with E-state index < -0.39 is 0 Å². The molecule has 16 heavy (non-hydrogen) atoms. The van der Waals surface area contributed by atoms with Gasteiger partial charge in [0.15, 0.2) is 0 Å². The second kappa shape index (κ2) is 6.61. The Hall–Kier alpha value is -0.0800. The van der Waals surface area contributed by atoms with E-state index in [0.717, 1.165) is 32.2 Å². The first-order valence-corrected chi connectivity index (χ1v) is 7.04. The summed E-state index contributed by atoms with van der Waals surface area (Å²) in [5.41, 5.74) is -0.377. The first-order valence-electron chi connectivity index (χ1n) is 7.04. The maximum atomic E-state index is 10.6. The Morgan fingerprint density at radius 3 is 2.62 bits per heavy atom. The van der Waals surface area contributed by atoms with Gasteiger partial charge in [0.1, 0.15) is 0 Å². The van der Waals surface area contributed by atoms with E-state index in [1.54, 1.807) is 0 Å². The van der Waals surface area contributed by atoms with E-state index in [-0.39, 0.29) is 5.60 Å². The molecule has 1 rings (SSSR count). The van der Waals surface area contributed by atoms with Crippen LogP contribution in [0.3, 0.4) is 0 Å². The Labute approximate surface area is 101 Å². The molecule has 0 amide bonds. The molecule has 0 aromatic rings. The van der Waals surface area contributed by atoms with Crippen LogP contribution in [0.25, 0.3) is 0 Å². The Morgan fingerprint density at radius 2 is 2.00 bits per heavy atom. The Bertz CT molecular complexity index is 195. The quantitative estimate of drug-likeness (QED) is 0.780. The van der Waals surface area contributed by atoms with Gasteiger partial charge in [-0.05, 0) is 51.1 Å². The van der Waals surface area contributed by atoms with Gasteiger partial charge in [0.05, 0.1) is 5.60 Å². The van der Waals surface area contributed by atoms with Crippen LogP contribution in [0.4, 0.5) is 0 Å². The summed E-state index contributed by atoms with van der Waals surface area (Å²) in [6.07, 6.45) is 6.52. The lowest BCUT2D eigenvalue weighted by molar-refractivity contribution is 0.00341. The van der Waals surface area contributed by atoms with Gasteiger partial charge in [0, 0.05) is 6.54 Å². The molecular weight excluding hydrogens is 198 g/mol. The lowest BCUT2D eigenvalue weighted by atomic mass is 9.84. The second-order valence-corrected chi connectivity index (χ2v) is 5.64. The first kappa shape index (κ1) is 14.0. The third kappa shape index (κ3) is 4.42. The minimum Gasteiger partial charge on any atom is -0.390 e. The number of hydrogen-bond donors (Lipinski definition) is 1. The van der Waals surface area contributed by atoms with Crippen molar-refractivity contribution in [3.63, 3.8) is 0 Å². The second-order valence-electron chi connectivity index (χ2n) is 5.64. The van der Waals surface area contributed by atoms with Crippen LogP contribution in [0, 0.1) is 5.92 Å². The van der Waals surface area contributed by atoms with E-state index in [9.17, 15) is 5.11 Å². The zero-order valence-electron chi connectivity index (χ0n) is 11.3. The number of rotatable bonds is 5. The highest BCUT2D eigenvalue weighted by atomic mass is 16.3. The standard InChI is InChI=1S/C14H29NO/c1-4-9-15-10-6-7-14(16,8-11-15)12-13(3)5-2/h13,16H,4-12H2,1-3H3. The van der Waals surface area contributed by atoms with E-state index in [0.29, 0.717) is 5.92 Å². The molecule has 0 bridgehead atoms. The Kier molecular flexibility index (Phi) is 5.77. The molecule has 2 unspecified atom stereocenters. The average Bonchev–Trinajstić information content (AvgIpc) is 2.42. The van der Waals surface area contributed by atoms with Crippen LogP contribution in [-0.2, 0) is 0 Å². The molecule has 0 radical (unpaired) electrons. The van der Waals surface area contributed by atoms with Crippen LogP contribution in [0.1, 0.15) is 59.3 Å². The molecule has 2 heteroatoms. The fourth-order valence-corrected chi connectivity index (χ4v) is 2.77. The zero-order chi connectivity index (χ0) is 12.0. The molecule has 1 heterocycles. The first-order chi connectivity index (χ1) is 7.59. The molecule has 2 nitrogen and oxygen atoms in total. The minimum absolute atomic E-state index is 0.377. The Balaban J connectivity index is 2.44. The van der Waals surface area contributed by atoms with Gasteiger partial charge >= 0.3 is 0 Å². The summed E-state index contributed by atoms with van der Waals surface area (Å²) in [5.74, 6) is 0.655. The number of aliphatic hydroxyl groups is 1. The molecule has 0 spiro atoms. The normalized spacial score (nSPS) is 30.0. The molecule has 1 aliphatic rings. The monoisotopic (exact) mass is 227 g/mol. The van der Waals surface area contributed by atoms with Gasteiger partial charge in [0.2, 0.25) is 0 Å². The van der Waals surface area contributed by atoms with E-state index >= 15 is 0 Å². The molecular formula is C14H29NO. The highest BCUT2D eigenvalue weighted by molar-refractivity contribution is 4.84. The van der Waals surface area contributed by atoms with Crippen molar-refractivity contribution in [3.8, 4) is 0 Å². The predicted octanol–water partition coefficient (Wildman–Crippen LogP) is 3.05. The van der Waals surface area contributed by atoms with Crippen LogP contribution in [0.5, 0.6) is 0 Å². The van der Waals surface area contributed by atoms with Gasteiger partial charge in [-0.25, -0.2) is 0 Å². The van der Waals surface area contributed by atoms with Crippen molar-refractivity contribution in [2.24, 2.45) is 5.92 Å². The van der Waals surface area contributed by atoms with Crippen LogP contribution in [-0.4, -0.2) is 35.2 Å². The van der Waals surface area contributed by atoms with Crippen molar-refractivity contribution in [2.45, 2.75) is 64.9 Å². The van der Waals surface area contributed by atoms with Crippen LogP contribution in [0.15, 0.2) is 0 Å². The lowest BCUT2D eigenvalue weighted by Gasteiger charge is -2.29. The van der Waals surface area contributed by atoms with E-state index in [1.807, 2.05) is 0 Å². The number of likely N-dealkylation sites (tertiary alicyclic amines) is 1. The van der Waals surface area contributed by atoms with Gasteiger partial charge in [0.25, 0.3) is 0 Å². The summed E-state index contributed by atoms with van der Waals surface area (Å²) in [6, 6.07) is 0. The fraction of sp³-hybridized carbons (Fsp3) is 1.00. The third-order valence-electron chi connectivity index (χ3n) is 3.98. The largest absolute Gasteiger partial charge is 0.390 e. The van der Waals surface area contributed by atoms with Gasteiger partial charge in [-0.2, -0.15) is 0 Å². The summed E-state index contributed by atoms with van der Waals surface area (Å²) in [6.45, 7) is 10.2.